The third-order valence-corrected chi connectivity index (χ3v) is 2.04. The van der Waals surface area contributed by atoms with Crippen molar-refractivity contribution >= 4 is 5.97 Å². The first-order chi connectivity index (χ1) is 7.27. The van der Waals surface area contributed by atoms with Gasteiger partial charge in [-0.3, -0.25) is 0 Å². The first-order valence-corrected chi connectivity index (χ1v) is 5.09. The molecule has 3 nitrogen and oxygen atoms in total. The van der Waals surface area contributed by atoms with Crippen molar-refractivity contribution in [2.24, 2.45) is 0 Å². The van der Waals surface area contributed by atoms with Gasteiger partial charge in [0.15, 0.2) is 0 Å². The Morgan fingerprint density at radius 2 is 2.20 bits per heavy atom. The SMILES string of the molecule is CCCCOC(=O)c1cccc(OC)c1. The van der Waals surface area contributed by atoms with E-state index in [1.54, 1.807) is 31.4 Å². The molecule has 0 saturated carbocycles. The quantitative estimate of drug-likeness (QED) is 0.551. The number of ether oxygens (including phenoxy) is 2. The lowest BCUT2D eigenvalue weighted by Crippen LogP contribution is -2.06. The van der Waals surface area contributed by atoms with Crippen molar-refractivity contribution < 1.29 is 14.3 Å². The Kier molecular flexibility index (Phi) is 4.68. The largest absolute Gasteiger partial charge is 0.497 e. The van der Waals surface area contributed by atoms with Crippen molar-refractivity contribution in [1.29, 1.82) is 0 Å². The zero-order valence-electron chi connectivity index (χ0n) is 9.16. The van der Waals surface area contributed by atoms with E-state index in [1.807, 2.05) is 0 Å². The van der Waals surface area contributed by atoms with Crippen LogP contribution in [0.1, 0.15) is 30.1 Å². The van der Waals surface area contributed by atoms with E-state index in [0.717, 1.165) is 12.8 Å². The summed E-state index contributed by atoms with van der Waals surface area (Å²) < 4.78 is 10.1. The highest BCUT2D eigenvalue weighted by Gasteiger charge is 2.07. The predicted octanol–water partition coefficient (Wildman–Crippen LogP) is 2.65. The average molecular weight is 208 g/mol. The highest BCUT2D eigenvalue weighted by molar-refractivity contribution is 5.89. The second-order valence-corrected chi connectivity index (χ2v) is 3.22. The van der Waals surface area contributed by atoms with E-state index in [2.05, 4.69) is 6.92 Å². The van der Waals surface area contributed by atoms with E-state index in [-0.39, 0.29) is 5.97 Å². The molecule has 0 amide bonds. The van der Waals surface area contributed by atoms with Gasteiger partial charge in [0.05, 0.1) is 19.3 Å². The molecule has 0 N–H and O–H groups in total. The summed E-state index contributed by atoms with van der Waals surface area (Å²) in [5, 5.41) is 0. The van der Waals surface area contributed by atoms with E-state index in [9.17, 15) is 4.79 Å². The van der Waals surface area contributed by atoms with Gasteiger partial charge < -0.3 is 9.47 Å². The summed E-state index contributed by atoms with van der Waals surface area (Å²) in [6, 6.07) is 6.96. The molecule has 0 radical (unpaired) electrons. The number of rotatable bonds is 5. The Hall–Kier alpha value is -1.51. The van der Waals surface area contributed by atoms with Gasteiger partial charge in [0, 0.05) is 0 Å². The first-order valence-electron chi connectivity index (χ1n) is 5.09. The average Bonchev–Trinajstić information content (AvgIpc) is 2.29. The molecule has 15 heavy (non-hydrogen) atoms. The molecule has 0 saturated heterocycles. The number of hydrogen-bond donors (Lipinski definition) is 0. The fourth-order valence-electron chi connectivity index (χ4n) is 1.14. The fraction of sp³-hybridized carbons (Fsp3) is 0.417. The maximum atomic E-state index is 11.5. The Bertz CT molecular complexity index is 320. The van der Waals surface area contributed by atoms with Crippen LogP contribution < -0.4 is 4.74 Å². The third kappa shape index (κ3) is 3.62. The molecule has 1 rings (SSSR count). The number of unbranched alkanes of at least 4 members (excludes halogenated alkanes) is 1. The van der Waals surface area contributed by atoms with Gasteiger partial charge >= 0.3 is 5.97 Å². The molecule has 0 unspecified atom stereocenters. The topological polar surface area (TPSA) is 35.5 Å². The standard InChI is InChI=1S/C12H16O3/c1-3-4-8-15-12(13)10-6-5-7-11(9-10)14-2/h5-7,9H,3-4,8H2,1-2H3. The molecular weight excluding hydrogens is 192 g/mol. The van der Waals surface area contributed by atoms with Gasteiger partial charge in [0.2, 0.25) is 0 Å². The van der Waals surface area contributed by atoms with Crippen molar-refractivity contribution in [3.8, 4) is 5.75 Å². The zero-order chi connectivity index (χ0) is 11.1. The number of esters is 1. The molecule has 0 fully saturated rings. The van der Waals surface area contributed by atoms with Gasteiger partial charge in [-0.15, -0.1) is 0 Å². The normalized spacial score (nSPS) is 9.73. The fourth-order valence-corrected chi connectivity index (χ4v) is 1.14. The van der Waals surface area contributed by atoms with E-state index in [1.165, 1.54) is 0 Å². The number of carbonyl (C=O) groups is 1. The van der Waals surface area contributed by atoms with Crippen LogP contribution in [-0.4, -0.2) is 19.7 Å². The van der Waals surface area contributed by atoms with Gasteiger partial charge in [-0.1, -0.05) is 19.4 Å². The van der Waals surface area contributed by atoms with Gasteiger partial charge in [0.25, 0.3) is 0 Å². The molecule has 3 heteroatoms. The van der Waals surface area contributed by atoms with E-state index < -0.39 is 0 Å². The number of benzene rings is 1. The second kappa shape index (κ2) is 6.06. The van der Waals surface area contributed by atoms with Gasteiger partial charge in [-0.25, -0.2) is 4.79 Å². The Morgan fingerprint density at radius 1 is 1.40 bits per heavy atom. The summed E-state index contributed by atoms with van der Waals surface area (Å²) in [5.74, 6) is 0.377. The lowest BCUT2D eigenvalue weighted by molar-refractivity contribution is 0.0499. The molecule has 0 aromatic heterocycles. The Labute approximate surface area is 90.0 Å². The van der Waals surface area contributed by atoms with Crippen LogP contribution >= 0.6 is 0 Å². The van der Waals surface area contributed by atoms with E-state index in [4.69, 9.17) is 9.47 Å². The molecule has 1 aromatic carbocycles. The molecule has 0 bridgehead atoms. The molecule has 1 aromatic rings. The molecule has 0 atom stereocenters. The number of methoxy groups -OCH3 is 1. The number of carbonyl (C=O) groups excluding carboxylic acids is 1. The van der Waals surface area contributed by atoms with Gasteiger partial charge in [0.1, 0.15) is 5.75 Å². The summed E-state index contributed by atoms with van der Waals surface area (Å²) in [4.78, 5) is 11.5. The molecule has 0 heterocycles. The summed E-state index contributed by atoms with van der Waals surface area (Å²) >= 11 is 0. The summed E-state index contributed by atoms with van der Waals surface area (Å²) in [6.07, 6.45) is 1.92. The van der Waals surface area contributed by atoms with Crippen molar-refractivity contribution in [3.05, 3.63) is 29.8 Å². The van der Waals surface area contributed by atoms with Crippen molar-refractivity contribution in [1.82, 2.24) is 0 Å². The minimum absolute atomic E-state index is 0.289. The monoisotopic (exact) mass is 208 g/mol. The van der Waals surface area contributed by atoms with E-state index >= 15 is 0 Å². The smallest absolute Gasteiger partial charge is 0.338 e. The van der Waals surface area contributed by atoms with Crippen LogP contribution in [0.3, 0.4) is 0 Å². The van der Waals surface area contributed by atoms with Crippen LogP contribution in [0.2, 0.25) is 0 Å². The number of hydrogen-bond acceptors (Lipinski definition) is 3. The lowest BCUT2D eigenvalue weighted by Gasteiger charge is -2.05. The van der Waals surface area contributed by atoms with Crippen LogP contribution in [-0.2, 0) is 4.74 Å². The molecule has 0 aliphatic rings. The molecule has 0 aliphatic carbocycles. The zero-order valence-corrected chi connectivity index (χ0v) is 9.16. The lowest BCUT2D eigenvalue weighted by atomic mass is 10.2. The van der Waals surface area contributed by atoms with Crippen LogP contribution in [0.4, 0.5) is 0 Å². The van der Waals surface area contributed by atoms with Gasteiger partial charge in [-0.05, 0) is 24.6 Å². The summed E-state index contributed by atoms with van der Waals surface area (Å²) in [7, 11) is 1.57. The van der Waals surface area contributed by atoms with Crippen molar-refractivity contribution in [2.45, 2.75) is 19.8 Å². The summed E-state index contributed by atoms with van der Waals surface area (Å²) in [5.41, 5.74) is 0.533. The second-order valence-electron chi connectivity index (χ2n) is 3.22. The molecule has 0 aliphatic heterocycles. The van der Waals surface area contributed by atoms with Gasteiger partial charge in [-0.2, -0.15) is 0 Å². The van der Waals surface area contributed by atoms with Crippen LogP contribution in [0.25, 0.3) is 0 Å². The molecular formula is C12H16O3. The van der Waals surface area contributed by atoms with E-state index in [0.29, 0.717) is 17.9 Å². The van der Waals surface area contributed by atoms with Crippen LogP contribution in [0.15, 0.2) is 24.3 Å². The molecule has 0 spiro atoms. The van der Waals surface area contributed by atoms with Crippen molar-refractivity contribution in [2.75, 3.05) is 13.7 Å². The predicted molar refractivity (Wildman–Crippen MR) is 58.2 cm³/mol. The first kappa shape index (κ1) is 11.6. The minimum Gasteiger partial charge on any atom is -0.497 e. The minimum atomic E-state index is -0.289. The van der Waals surface area contributed by atoms with Crippen LogP contribution in [0.5, 0.6) is 5.75 Å². The maximum absolute atomic E-state index is 11.5. The molecule has 82 valence electrons. The van der Waals surface area contributed by atoms with Crippen LogP contribution in [0, 0.1) is 0 Å². The highest BCUT2D eigenvalue weighted by Crippen LogP contribution is 2.13. The third-order valence-electron chi connectivity index (χ3n) is 2.04. The maximum Gasteiger partial charge on any atom is 0.338 e. The van der Waals surface area contributed by atoms with Crippen molar-refractivity contribution in [3.63, 3.8) is 0 Å². The highest BCUT2D eigenvalue weighted by atomic mass is 16.5. The Balaban J connectivity index is 2.57. The Morgan fingerprint density at radius 3 is 2.87 bits per heavy atom. The summed E-state index contributed by atoms with van der Waals surface area (Å²) in [6.45, 7) is 2.53.